The summed E-state index contributed by atoms with van der Waals surface area (Å²) < 4.78 is 160. The molecule has 0 nitrogen and oxygen atoms in total. The quantitative estimate of drug-likeness (QED) is 0.105. The van der Waals surface area contributed by atoms with Gasteiger partial charge in [0.2, 0.25) is 0 Å². The van der Waals surface area contributed by atoms with Crippen LogP contribution in [0.3, 0.4) is 0 Å². The number of fused-ring (bicyclic) bond motifs is 7. The summed E-state index contributed by atoms with van der Waals surface area (Å²) in [5, 5.41) is 17.0. The van der Waals surface area contributed by atoms with Crippen molar-refractivity contribution < 1.29 is 52.7 Å². The summed E-state index contributed by atoms with van der Waals surface area (Å²) in [5.74, 6) is -6.68. The van der Waals surface area contributed by atoms with Gasteiger partial charge >= 0.3 is 0 Å². The Labute approximate surface area is 580 Å². The summed E-state index contributed by atoms with van der Waals surface area (Å²) in [4.78, 5) is 0. The molecule has 19 heteroatoms. The van der Waals surface area contributed by atoms with Crippen LogP contribution in [0.4, 0.5) is 52.7 Å². The van der Waals surface area contributed by atoms with Crippen LogP contribution in [-0.4, -0.2) is 0 Å². The molecule has 14 rings (SSSR count). The van der Waals surface area contributed by atoms with Crippen molar-refractivity contribution in [3.8, 4) is 0 Å². The maximum absolute atomic E-state index is 13.3. The molecule has 514 valence electrons. The van der Waals surface area contributed by atoms with Gasteiger partial charge in [-0.25, -0.2) is 52.7 Å². The van der Waals surface area contributed by atoms with Gasteiger partial charge in [0, 0.05) is 37.0 Å². The Morgan fingerprint density at radius 1 is 0.211 bits per heavy atom. The van der Waals surface area contributed by atoms with Crippen LogP contribution in [0.25, 0.3) is 70.6 Å². The fraction of sp³-hybridized carbons (Fsp3) is 0.263. The molecule has 7 aromatic carbocycles. The molecule has 0 spiro atoms. The lowest BCUT2D eigenvalue weighted by molar-refractivity contribution is 0.507. The molecular weight excluding hydrogens is 1370 g/mol. The van der Waals surface area contributed by atoms with E-state index in [1.54, 1.807) is 103 Å². The zero-order valence-corrected chi connectivity index (χ0v) is 63.0. The second kappa shape index (κ2) is 45.0. The van der Waals surface area contributed by atoms with Gasteiger partial charge in [-0.15, -0.1) is 79.4 Å². The third kappa shape index (κ3) is 23.3. The zero-order valence-electron chi connectivity index (χ0n) is 57.2. The van der Waals surface area contributed by atoms with Crippen molar-refractivity contribution >= 4 is 150 Å². The highest BCUT2D eigenvalue weighted by Gasteiger charge is 2.15. The second-order valence-corrected chi connectivity index (χ2v) is 24.4. The molecule has 0 aliphatic carbocycles. The van der Waals surface area contributed by atoms with Gasteiger partial charge in [0.15, 0.2) is 34.9 Å². The van der Waals surface area contributed by atoms with Crippen LogP contribution in [0.15, 0.2) is 141 Å². The molecule has 0 saturated carbocycles. The molecule has 7 heterocycles. The van der Waals surface area contributed by atoms with Gasteiger partial charge in [-0.1, -0.05) is 115 Å². The maximum Gasteiger partial charge on any atom is 0.176 e. The normalized spacial score (nSPS) is 9.68. The molecule has 0 aliphatic heterocycles. The minimum absolute atomic E-state index is 0.0347. The van der Waals surface area contributed by atoms with Crippen LogP contribution < -0.4 is 0 Å². The van der Waals surface area contributed by atoms with Crippen molar-refractivity contribution in [3.05, 3.63) is 244 Å². The molecule has 14 aromatic rings. The van der Waals surface area contributed by atoms with Gasteiger partial charge in [-0.3, -0.25) is 0 Å². The van der Waals surface area contributed by atoms with Gasteiger partial charge in [0.1, 0.15) is 34.9 Å². The lowest BCUT2D eigenvalue weighted by atomic mass is 10.1. The molecule has 0 N–H and O–H groups in total. The minimum atomic E-state index is -1.14. The van der Waals surface area contributed by atoms with E-state index in [-0.39, 0.29) is 39.2 Å². The zero-order chi connectivity index (χ0) is 72.4. The smallest absolute Gasteiger partial charge is 0.176 e. The number of benzene rings is 7. The predicted octanol–water partition coefficient (Wildman–Crippen LogP) is 31.0. The molecule has 7 aromatic heterocycles. The molecule has 0 amide bonds. The summed E-state index contributed by atoms with van der Waals surface area (Å²) in [6.45, 7) is 38.4. The van der Waals surface area contributed by atoms with Gasteiger partial charge in [-0.05, 0) is 208 Å². The van der Waals surface area contributed by atoms with Crippen LogP contribution >= 0.6 is 79.4 Å². The number of rotatable bonds is 0. The van der Waals surface area contributed by atoms with Crippen molar-refractivity contribution in [2.24, 2.45) is 0 Å². The Kier molecular flexibility index (Phi) is 41.0. The van der Waals surface area contributed by atoms with Crippen molar-refractivity contribution in [1.82, 2.24) is 0 Å². The Balaban J connectivity index is 0.000000537. The first-order valence-corrected chi connectivity index (χ1v) is 37.1. The van der Waals surface area contributed by atoms with Crippen LogP contribution in [0.2, 0.25) is 0 Å². The molecule has 0 atom stereocenters. The average molecular weight is 1450 g/mol. The van der Waals surface area contributed by atoms with E-state index in [9.17, 15) is 52.7 Å². The van der Waals surface area contributed by atoms with Gasteiger partial charge < -0.3 is 0 Å². The first kappa shape index (κ1) is 86.4. The highest BCUT2D eigenvalue weighted by atomic mass is 32.1. The molecule has 0 saturated heterocycles. The molecule has 0 aliphatic rings. The maximum atomic E-state index is 13.3. The van der Waals surface area contributed by atoms with E-state index in [0.29, 0.717) is 42.2 Å². The van der Waals surface area contributed by atoms with E-state index < -0.39 is 40.7 Å². The van der Waals surface area contributed by atoms with E-state index >= 15 is 0 Å². The fourth-order valence-electron chi connectivity index (χ4n) is 8.01. The van der Waals surface area contributed by atoms with Crippen molar-refractivity contribution in [2.75, 3.05) is 0 Å². The van der Waals surface area contributed by atoms with E-state index in [2.05, 4.69) is 0 Å². The van der Waals surface area contributed by atoms with Gasteiger partial charge in [0.05, 0.1) is 23.5 Å². The number of hydrogen-bond donors (Lipinski definition) is 0. The van der Waals surface area contributed by atoms with E-state index in [1.807, 2.05) is 169 Å². The van der Waals surface area contributed by atoms with E-state index in [1.165, 1.54) is 68.9 Å². The summed E-state index contributed by atoms with van der Waals surface area (Å²) in [7, 11) is 0. The third-order valence-corrected chi connectivity index (χ3v) is 18.7. The summed E-state index contributed by atoms with van der Waals surface area (Å²) in [6, 6.07) is 27.9. The lowest BCUT2D eigenvalue weighted by Gasteiger charge is -1.98. The predicted molar refractivity (Wildman–Crippen MR) is 400 cm³/mol. The Morgan fingerprint density at radius 2 is 0.589 bits per heavy atom. The Bertz CT molecular complexity index is 4290. The van der Waals surface area contributed by atoms with Crippen LogP contribution in [-0.2, 0) is 0 Å². The highest BCUT2D eigenvalue weighted by Crippen LogP contribution is 2.33. The lowest BCUT2D eigenvalue weighted by Crippen LogP contribution is -1.87. The SMILES string of the molecule is CC.CC.CC.CC.CC.CC.CC.Cc1cc(F)c2ccsc2c1.Cc1cc(F)c2sccc2c1F.Cc1cc2ccsc2c(F)c1F.Cc1cc2ccsc2c(F)c1F.Cc1ccc(F)c2ccsc12.Cc1ccc2ccsc2c1F.Fc1cc(F)c2ccsc2c1F. The second-order valence-electron chi connectivity index (χ2n) is 17.9. The van der Waals surface area contributed by atoms with Crippen LogP contribution in [0.5, 0.6) is 0 Å². The molecule has 0 radical (unpaired) electrons. The summed E-state index contributed by atoms with van der Waals surface area (Å²) in [5.41, 5.74) is 3.93. The monoisotopic (exact) mass is 1450 g/mol. The highest BCUT2D eigenvalue weighted by molar-refractivity contribution is 7.19. The Hall–Kier alpha value is -6.58. The first-order valence-electron chi connectivity index (χ1n) is 31.0. The summed E-state index contributed by atoms with van der Waals surface area (Å²) >= 11 is 9.27. The number of halogens is 12. The van der Waals surface area contributed by atoms with Crippen molar-refractivity contribution in [3.63, 3.8) is 0 Å². The van der Waals surface area contributed by atoms with E-state index in [4.69, 9.17) is 0 Å². The fourth-order valence-corrected chi connectivity index (χ4v) is 13.9. The minimum Gasteiger partial charge on any atom is -0.206 e. The van der Waals surface area contributed by atoms with Crippen LogP contribution in [0.1, 0.15) is 130 Å². The van der Waals surface area contributed by atoms with Crippen LogP contribution in [0, 0.1) is 111 Å². The largest absolute Gasteiger partial charge is 0.206 e. The average Bonchev–Trinajstić information content (AvgIpc) is 1.83. The molecule has 95 heavy (non-hydrogen) atoms. The molecular formula is C76H84F12S7. The molecule has 0 unspecified atom stereocenters. The van der Waals surface area contributed by atoms with Crippen molar-refractivity contribution in [2.45, 2.75) is 138 Å². The third-order valence-electron chi connectivity index (χ3n) is 12.2. The number of thiophene rings is 7. The van der Waals surface area contributed by atoms with E-state index in [0.717, 1.165) is 69.1 Å². The number of aryl methyl sites for hydroxylation is 6. The molecule has 0 bridgehead atoms. The number of hydrogen-bond acceptors (Lipinski definition) is 7. The standard InChI is InChI=1S/3C9H6F2S.3C9H7FS.C8H3F3S.7C2H6/c1-5-4-7(10)9-6(8(5)11)2-3-12-9;2*1-5-4-6-2-3-12-9(6)8(11)7(5)10;1-6-4-8(10)7-2-3-11-9(7)5-6;1-6-2-3-8(10)7-4-5-11-9(6)7;1-6-2-3-7-4-5-11-9(7)8(6)10;9-5-3-6(10)7(11)8-4(5)1-2-12-8;7*1-2/h3*2-4H,1H3;3*2-5H,1H3;1-3H;7*1-2H3. The first-order chi connectivity index (χ1) is 45.6. The Morgan fingerprint density at radius 3 is 1.09 bits per heavy atom. The van der Waals surface area contributed by atoms with Gasteiger partial charge in [0.25, 0.3) is 0 Å². The molecule has 0 fully saturated rings. The van der Waals surface area contributed by atoms with Crippen molar-refractivity contribution in [1.29, 1.82) is 0 Å². The summed E-state index contributed by atoms with van der Waals surface area (Å²) in [6.07, 6.45) is 0. The topological polar surface area (TPSA) is 0 Å². The van der Waals surface area contributed by atoms with Gasteiger partial charge in [-0.2, -0.15) is 0 Å².